The summed E-state index contributed by atoms with van der Waals surface area (Å²) in [4.78, 5) is 32.6. The lowest BCUT2D eigenvalue weighted by Gasteiger charge is -2.35. The fourth-order valence-corrected chi connectivity index (χ4v) is 5.10. The molecule has 0 spiro atoms. The smallest absolute Gasteiger partial charge is 0.290 e. The van der Waals surface area contributed by atoms with Gasteiger partial charge < -0.3 is 24.1 Å². The molecule has 166 valence electrons. The molecule has 1 unspecified atom stereocenters. The van der Waals surface area contributed by atoms with E-state index in [1.807, 2.05) is 36.4 Å². The quantitative estimate of drug-likeness (QED) is 0.498. The van der Waals surface area contributed by atoms with Crippen LogP contribution in [0.4, 0.5) is 5.13 Å². The van der Waals surface area contributed by atoms with Gasteiger partial charge >= 0.3 is 0 Å². The van der Waals surface area contributed by atoms with E-state index in [0.717, 1.165) is 21.3 Å². The van der Waals surface area contributed by atoms with Crippen molar-refractivity contribution in [3.63, 3.8) is 0 Å². The van der Waals surface area contributed by atoms with Crippen LogP contribution in [0.2, 0.25) is 0 Å². The molecular weight excluding hydrogens is 442 g/mol. The summed E-state index contributed by atoms with van der Waals surface area (Å²) in [6.45, 7) is 1.33. The fraction of sp³-hybridized carbons (Fsp3) is 0.208. The summed E-state index contributed by atoms with van der Waals surface area (Å²) >= 11 is 1.35. The third kappa shape index (κ3) is 3.60. The number of hydrogen-bond acceptors (Lipinski definition) is 7. The minimum atomic E-state index is -0.690. The summed E-state index contributed by atoms with van der Waals surface area (Å²) in [5, 5.41) is 3.37. The zero-order valence-electron chi connectivity index (χ0n) is 17.4. The molecule has 2 aromatic heterocycles. The number of hydrogen-bond donors (Lipinski definition) is 1. The number of benzene rings is 2. The molecule has 0 aliphatic carbocycles. The SMILES string of the molecule is O=C(Nc1nc2cc3c(cc2s1)OCCO3)C1Cc2ccccc2CN1C(=O)c1ccco1. The minimum absolute atomic E-state index is 0.206. The molecule has 2 aliphatic heterocycles. The van der Waals surface area contributed by atoms with Crippen molar-refractivity contribution in [2.75, 3.05) is 18.5 Å². The topological polar surface area (TPSA) is 93.9 Å². The second kappa shape index (κ2) is 7.93. The Balaban J connectivity index is 1.30. The summed E-state index contributed by atoms with van der Waals surface area (Å²) in [6, 6.07) is 14.1. The molecule has 0 radical (unpaired) electrons. The zero-order chi connectivity index (χ0) is 22.4. The van der Waals surface area contributed by atoms with Crippen molar-refractivity contribution in [1.29, 1.82) is 0 Å². The Labute approximate surface area is 192 Å². The maximum Gasteiger partial charge on any atom is 0.290 e. The molecule has 2 aromatic carbocycles. The van der Waals surface area contributed by atoms with Gasteiger partial charge in [-0.2, -0.15) is 0 Å². The van der Waals surface area contributed by atoms with E-state index in [4.69, 9.17) is 13.9 Å². The number of nitrogens with one attached hydrogen (secondary N) is 1. The molecule has 0 saturated carbocycles. The van der Waals surface area contributed by atoms with Crippen LogP contribution in [0.15, 0.2) is 59.2 Å². The first-order chi connectivity index (χ1) is 16.2. The zero-order valence-corrected chi connectivity index (χ0v) is 18.3. The number of furan rings is 1. The normalized spacial score (nSPS) is 17.0. The lowest BCUT2D eigenvalue weighted by atomic mass is 9.93. The highest BCUT2D eigenvalue weighted by Gasteiger charge is 2.36. The number of ether oxygens (including phenoxy) is 2. The maximum absolute atomic E-state index is 13.4. The molecule has 6 rings (SSSR count). The van der Waals surface area contributed by atoms with Crippen LogP contribution in [-0.2, 0) is 17.8 Å². The minimum Gasteiger partial charge on any atom is -0.486 e. The Bertz CT molecular complexity index is 1320. The molecule has 2 aliphatic rings. The van der Waals surface area contributed by atoms with Crippen LogP contribution in [-0.4, -0.2) is 41.0 Å². The molecule has 8 nitrogen and oxygen atoms in total. The van der Waals surface area contributed by atoms with E-state index in [9.17, 15) is 9.59 Å². The van der Waals surface area contributed by atoms with Gasteiger partial charge in [-0.05, 0) is 23.3 Å². The number of thiazole rings is 1. The van der Waals surface area contributed by atoms with Crippen LogP contribution in [0.3, 0.4) is 0 Å². The van der Waals surface area contributed by atoms with Gasteiger partial charge in [-0.3, -0.25) is 9.59 Å². The van der Waals surface area contributed by atoms with Crippen LogP contribution in [0.25, 0.3) is 10.2 Å². The summed E-state index contributed by atoms with van der Waals surface area (Å²) in [5.74, 6) is 0.921. The van der Waals surface area contributed by atoms with Crippen molar-refractivity contribution in [3.8, 4) is 11.5 Å². The third-order valence-electron chi connectivity index (χ3n) is 5.83. The van der Waals surface area contributed by atoms with Gasteiger partial charge in [-0.1, -0.05) is 35.6 Å². The Morgan fingerprint density at radius 2 is 1.82 bits per heavy atom. The second-order valence-electron chi connectivity index (χ2n) is 7.87. The largest absolute Gasteiger partial charge is 0.486 e. The van der Waals surface area contributed by atoms with Crippen molar-refractivity contribution < 1.29 is 23.5 Å². The molecule has 9 heteroatoms. The summed E-state index contributed by atoms with van der Waals surface area (Å²) < 4.78 is 17.5. The number of fused-ring (bicyclic) bond motifs is 3. The number of carbonyl (C=O) groups excluding carboxylic acids is 2. The molecule has 4 heterocycles. The Kier molecular flexibility index (Phi) is 4.76. The highest BCUT2D eigenvalue weighted by molar-refractivity contribution is 7.22. The van der Waals surface area contributed by atoms with Crippen molar-refractivity contribution in [3.05, 3.63) is 71.7 Å². The van der Waals surface area contributed by atoms with Gasteiger partial charge in [0, 0.05) is 25.1 Å². The predicted octanol–water partition coefficient (Wildman–Crippen LogP) is 3.87. The van der Waals surface area contributed by atoms with Gasteiger partial charge in [0.25, 0.3) is 5.91 Å². The fourth-order valence-electron chi connectivity index (χ4n) is 4.22. The lowest BCUT2D eigenvalue weighted by molar-refractivity contribution is -0.121. The van der Waals surface area contributed by atoms with Crippen molar-refractivity contribution in [1.82, 2.24) is 9.88 Å². The summed E-state index contributed by atoms with van der Waals surface area (Å²) in [6.07, 6.45) is 1.86. The summed E-state index contributed by atoms with van der Waals surface area (Å²) in [7, 11) is 0. The van der Waals surface area contributed by atoms with Gasteiger partial charge in [0.05, 0.1) is 16.5 Å². The monoisotopic (exact) mass is 461 g/mol. The predicted molar refractivity (Wildman–Crippen MR) is 122 cm³/mol. The van der Waals surface area contributed by atoms with Crippen LogP contribution in [0.5, 0.6) is 11.5 Å². The van der Waals surface area contributed by atoms with E-state index in [1.54, 1.807) is 17.0 Å². The van der Waals surface area contributed by atoms with E-state index in [0.29, 0.717) is 42.8 Å². The van der Waals surface area contributed by atoms with Gasteiger partial charge in [0.15, 0.2) is 22.4 Å². The van der Waals surface area contributed by atoms with E-state index in [-0.39, 0.29) is 17.6 Å². The number of nitrogens with zero attached hydrogens (tertiary/aromatic N) is 2. The molecule has 0 fully saturated rings. The Hall–Kier alpha value is -3.85. The summed E-state index contributed by atoms with van der Waals surface area (Å²) in [5.41, 5.74) is 2.79. The molecule has 0 saturated heterocycles. The highest BCUT2D eigenvalue weighted by Crippen LogP contribution is 2.38. The molecule has 1 N–H and O–H groups in total. The number of amides is 2. The molecule has 4 aromatic rings. The van der Waals surface area contributed by atoms with E-state index < -0.39 is 6.04 Å². The van der Waals surface area contributed by atoms with Gasteiger partial charge in [-0.25, -0.2) is 4.98 Å². The van der Waals surface area contributed by atoms with Crippen molar-refractivity contribution in [2.45, 2.75) is 19.0 Å². The number of aromatic nitrogens is 1. The number of rotatable bonds is 3. The lowest BCUT2D eigenvalue weighted by Crippen LogP contribution is -2.50. The van der Waals surface area contributed by atoms with E-state index in [1.165, 1.54) is 17.6 Å². The molecular formula is C24H19N3O5S. The van der Waals surface area contributed by atoms with Crippen LogP contribution >= 0.6 is 11.3 Å². The first-order valence-corrected chi connectivity index (χ1v) is 11.4. The molecule has 0 bridgehead atoms. The van der Waals surface area contributed by atoms with Crippen molar-refractivity contribution in [2.24, 2.45) is 0 Å². The number of carbonyl (C=O) groups is 2. The molecule has 33 heavy (non-hydrogen) atoms. The molecule has 1 atom stereocenters. The number of anilines is 1. The average Bonchev–Trinajstić information content (AvgIpc) is 3.51. The Morgan fingerprint density at radius 1 is 1.03 bits per heavy atom. The standard InChI is InChI=1S/C24H19N3O5S/c28-22(26-24-25-16-11-19-20(12-21(16)33-24)32-9-8-31-19)17-10-14-4-1-2-5-15(14)13-27(17)23(29)18-6-3-7-30-18/h1-7,11-12,17H,8-10,13H2,(H,25,26,28). The first kappa shape index (κ1) is 19.8. The van der Waals surface area contributed by atoms with Crippen LogP contribution < -0.4 is 14.8 Å². The van der Waals surface area contributed by atoms with Crippen LogP contribution in [0, 0.1) is 0 Å². The first-order valence-electron chi connectivity index (χ1n) is 10.6. The van der Waals surface area contributed by atoms with E-state index >= 15 is 0 Å². The third-order valence-corrected chi connectivity index (χ3v) is 6.76. The van der Waals surface area contributed by atoms with Gasteiger partial charge in [0.2, 0.25) is 5.91 Å². The van der Waals surface area contributed by atoms with Gasteiger partial charge in [0.1, 0.15) is 19.3 Å². The van der Waals surface area contributed by atoms with Crippen molar-refractivity contribution >= 4 is 38.5 Å². The van der Waals surface area contributed by atoms with E-state index in [2.05, 4.69) is 10.3 Å². The molecule has 2 amide bonds. The average molecular weight is 461 g/mol. The second-order valence-corrected chi connectivity index (χ2v) is 8.90. The Morgan fingerprint density at radius 3 is 2.61 bits per heavy atom. The van der Waals surface area contributed by atoms with Crippen LogP contribution in [0.1, 0.15) is 21.7 Å². The highest BCUT2D eigenvalue weighted by atomic mass is 32.1. The maximum atomic E-state index is 13.4. The van der Waals surface area contributed by atoms with Gasteiger partial charge in [-0.15, -0.1) is 0 Å².